The molecule has 0 aliphatic carbocycles. The van der Waals surface area contributed by atoms with Crippen molar-refractivity contribution >= 4 is 35.3 Å². The lowest BCUT2D eigenvalue weighted by molar-refractivity contribution is -0.140. The molecule has 0 radical (unpaired) electrons. The van der Waals surface area contributed by atoms with E-state index in [0.29, 0.717) is 5.56 Å². The lowest BCUT2D eigenvalue weighted by Gasteiger charge is -2.17. The summed E-state index contributed by atoms with van der Waals surface area (Å²) in [7, 11) is 5.58. The minimum Gasteiger partial charge on any atom is -0.502 e. The van der Waals surface area contributed by atoms with Crippen molar-refractivity contribution < 1.29 is 28.9 Å². The highest BCUT2D eigenvalue weighted by molar-refractivity contribution is 7.80. The van der Waals surface area contributed by atoms with Crippen LogP contribution in [-0.2, 0) is 14.3 Å². The largest absolute Gasteiger partial charge is 0.502 e. The molecule has 1 aromatic rings. The van der Waals surface area contributed by atoms with Gasteiger partial charge in [0.2, 0.25) is 5.75 Å². The molecule has 0 spiro atoms. The number of phenols is 1. The topological polar surface area (TPSA) is 88.5 Å². The molecule has 1 amide bonds. The molecular formula is C16H18N2O6S. The van der Waals surface area contributed by atoms with Gasteiger partial charge in [-0.25, -0.2) is 0 Å². The molecule has 0 saturated carbocycles. The Labute approximate surface area is 150 Å². The summed E-state index contributed by atoms with van der Waals surface area (Å²) in [5, 5.41) is 10.2. The minimum atomic E-state index is -0.530. The number of methoxy groups -OCH3 is 3. The van der Waals surface area contributed by atoms with Gasteiger partial charge in [0.25, 0.3) is 5.91 Å². The molecule has 1 N–H and O–H groups in total. The van der Waals surface area contributed by atoms with Crippen LogP contribution in [0.15, 0.2) is 17.8 Å². The molecule has 8 nitrogen and oxygen atoms in total. The molecule has 2 rings (SSSR count). The van der Waals surface area contributed by atoms with Crippen molar-refractivity contribution in [3.05, 3.63) is 23.4 Å². The second kappa shape index (κ2) is 7.39. The summed E-state index contributed by atoms with van der Waals surface area (Å²) in [6.07, 6.45) is 1.53. The monoisotopic (exact) mass is 366 g/mol. The number of nitrogens with zero attached hydrogens (tertiary/aromatic N) is 2. The molecular weight excluding hydrogens is 348 g/mol. The molecule has 134 valence electrons. The van der Waals surface area contributed by atoms with Crippen molar-refractivity contribution in [3.63, 3.8) is 0 Å². The zero-order valence-corrected chi connectivity index (χ0v) is 15.0. The molecule has 1 aromatic carbocycles. The highest BCUT2D eigenvalue weighted by Gasteiger charge is 2.36. The van der Waals surface area contributed by atoms with Gasteiger partial charge in [-0.05, 0) is 36.0 Å². The van der Waals surface area contributed by atoms with E-state index in [1.54, 1.807) is 0 Å². The van der Waals surface area contributed by atoms with Crippen LogP contribution in [0.1, 0.15) is 5.56 Å². The number of aromatic hydroxyl groups is 1. The Morgan fingerprint density at radius 2 is 1.80 bits per heavy atom. The maximum atomic E-state index is 12.4. The van der Waals surface area contributed by atoms with Crippen molar-refractivity contribution in [2.75, 3.05) is 34.9 Å². The number of phenolic OH excluding ortho intramolecular Hbond substituents is 1. The van der Waals surface area contributed by atoms with Crippen LogP contribution in [0.2, 0.25) is 0 Å². The highest BCUT2D eigenvalue weighted by atomic mass is 32.1. The van der Waals surface area contributed by atoms with Gasteiger partial charge >= 0.3 is 5.97 Å². The Morgan fingerprint density at radius 1 is 1.24 bits per heavy atom. The third-order valence-corrected chi connectivity index (χ3v) is 4.15. The van der Waals surface area contributed by atoms with Gasteiger partial charge in [0, 0.05) is 7.05 Å². The van der Waals surface area contributed by atoms with Gasteiger partial charge in [0.15, 0.2) is 16.6 Å². The number of carbonyl (C=O) groups is 2. The van der Waals surface area contributed by atoms with E-state index in [0.717, 1.165) is 0 Å². The predicted molar refractivity (Wildman–Crippen MR) is 93.3 cm³/mol. The Kier molecular flexibility index (Phi) is 5.48. The highest BCUT2D eigenvalue weighted by Crippen LogP contribution is 2.38. The third kappa shape index (κ3) is 3.50. The average molecular weight is 366 g/mol. The molecule has 1 saturated heterocycles. The first kappa shape index (κ1) is 18.5. The van der Waals surface area contributed by atoms with Crippen LogP contribution in [-0.4, -0.2) is 66.8 Å². The van der Waals surface area contributed by atoms with Crippen molar-refractivity contribution in [1.29, 1.82) is 0 Å². The van der Waals surface area contributed by atoms with Gasteiger partial charge < -0.3 is 24.2 Å². The first-order valence-electron chi connectivity index (χ1n) is 7.17. The van der Waals surface area contributed by atoms with Crippen LogP contribution in [0.5, 0.6) is 17.2 Å². The van der Waals surface area contributed by atoms with E-state index < -0.39 is 5.97 Å². The summed E-state index contributed by atoms with van der Waals surface area (Å²) in [4.78, 5) is 26.7. The summed E-state index contributed by atoms with van der Waals surface area (Å²) in [5.74, 6) is -0.666. The van der Waals surface area contributed by atoms with Crippen LogP contribution in [0.25, 0.3) is 6.08 Å². The predicted octanol–water partition coefficient (Wildman–Crippen LogP) is 0.982. The summed E-state index contributed by atoms with van der Waals surface area (Å²) in [5.41, 5.74) is 0.732. The fourth-order valence-corrected chi connectivity index (χ4v) is 2.55. The molecule has 0 unspecified atom stereocenters. The van der Waals surface area contributed by atoms with E-state index >= 15 is 0 Å². The second-order valence-corrected chi connectivity index (χ2v) is 5.48. The van der Waals surface area contributed by atoms with Crippen LogP contribution >= 0.6 is 12.2 Å². The van der Waals surface area contributed by atoms with E-state index in [9.17, 15) is 14.7 Å². The van der Waals surface area contributed by atoms with E-state index in [1.807, 2.05) is 0 Å². The third-order valence-electron chi connectivity index (χ3n) is 3.65. The molecule has 1 aliphatic heterocycles. The van der Waals surface area contributed by atoms with Crippen LogP contribution in [0, 0.1) is 0 Å². The van der Waals surface area contributed by atoms with Gasteiger partial charge in [-0.1, -0.05) is 0 Å². The van der Waals surface area contributed by atoms with Crippen LogP contribution < -0.4 is 9.47 Å². The number of carbonyl (C=O) groups excluding carboxylic acids is 2. The number of rotatable bonds is 5. The molecule has 0 bridgehead atoms. The van der Waals surface area contributed by atoms with Crippen molar-refractivity contribution in [2.24, 2.45) is 0 Å². The lowest BCUT2D eigenvalue weighted by atomic mass is 10.1. The fourth-order valence-electron chi connectivity index (χ4n) is 2.30. The number of likely N-dealkylation sites (N-methyl/N-ethyl adjacent to an activating group) is 1. The summed E-state index contributed by atoms with van der Waals surface area (Å²) >= 11 is 5.21. The van der Waals surface area contributed by atoms with E-state index in [4.69, 9.17) is 21.7 Å². The van der Waals surface area contributed by atoms with Gasteiger partial charge in [-0.2, -0.15) is 0 Å². The molecule has 0 aromatic heterocycles. The molecule has 1 fully saturated rings. The zero-order valence-electron chi connectivity index (χ0n) is 14.2. The van der Waals surface area contributed by atoms with Crippen LogP contribution in [0.3, 0.4) is 0 Å². The Bertz CT molecular complexity index is 736. The maximum absolute atomic E-state index is 12.4. The van der Waals surface area contributed by atoms with E-state index in [2.05, 4.69) is 4.74 Å². The SMILES string of the molecule is COC(=O)CN1C(=S)N(C)C(=O)/C1=C/c1cc(OC)c(O)c(OC)c1. The first-order valence-corrected chi connectivity index (χ1v) is 7.57. The van der Waals surface area contributed by atoms with Gasteiger partial charge in [0.1, 0.15) is 12.2 Å². The van der Waals surface area contributed by atoms with Crippen molar-refractivity contribution in [2.45, 2.75) is 0 Å². The summed E-state index contributed by atoms with van der Waals surface area (Å²) in [6, 6.07) is 3.08. The zero-order chi connectivity index (χ0) is 18.7. The molecule has 25 heavy (non-hydrogen) atoms. The number of amides is 1. The van der Waals surface area contributed by atoms with Gasteiger partial charge in [0.05, 0.1) is 21.3 Å². The minimum absolute atomic E-state index is 0.149. The average Bonchev–Trinajstić information content (AvgIpc) is 2.80. The van der Waals surface area contributed by atoms with Gasteiger partial charge in [-0.3, -0.25) is 14.5 Å². The number of ether oxygens (including phenoxy) is 3. The smallest absolute Gasteiger partial charge is 0.325 e. The molecule has 9 heteroatoms. The van der Waals surface area contributed by atoms with Crippen molar-refractivity contribution in [3.8, 4) is 17.2 Å². The Balaban J connectivity index is 2.51. The number of esters is 1. The summed E-state index contributed by atoms with van der Waals surface area (Å²) in [6.45, 7) is -0.191. The standard InChI is InChI=1S/C16H18N2O6S/c1-17-15(21)10(18(16(17)25)8-13(19)24-4)5-9-6-11(22-2)14(20)12(7-9)23-3/h5-7,20H,8H2,1-4H3/b10-5-. The molecule has 1 heterocycles. The number of thiocarbonyl (C=S) groups is 1. The molecule has 1 aliphatic rings. The normalized spacial score (nSPS) is 15.8. The lowest BCUT2D eigenvalue weighted by Crippen LogP contribution is -2.33. The van der Waals surface area contributed by atoms with E-state index in [-0.39, 0.29) is 40.5 Å². The Morgan fingerprint density at radius 3 is 2.28 bits per heavy atom. The maximum Gasteiger partial charge on any atom is 0.325 e. The molecule has 0 atom stereocenters. The number of hydrogen-bond donors (Lipinski definition) is 1. The van der Waals surface area contributed by atoms with Crippen molar-refractivity contribution in [1.82, 2.24) is 9.80 Å². The fraction of sp³-hybridized carbons (Fsp3) is 0.312. The number of benzene rings is 1. The summed E-state index contributed by atoms with van der Waals surface area (Å²) < 4.78 is 14.9. The van der Waals surface area contributed by atoms with E-state index in [1.165, 1.54) is 56.4 Å². The Hall–Kier alpha value is -2.81. The van der Waals surface area contributed by atoms with Crippen LogP contribution in [0.4, 0.5) is 0 Å². The second-order valence-electron chi connectivity index (χ2n) is 5.11. The number of hydrogen-bond acceptors (Lipinski definition) is 7. The van der Waals surface area contributed by atoms with Gasteiger partial charge in [-0.15, -0.1) is 0 Å². The first-order chi connectivity index (χ1) is 11.8. The quantitative estimate of drug-likeness (QED) is 0.469.